The Morgan fingerprint density at radius 1 is 0.931 bits per heavy atom. The average Bonchev–Trinajstić information content (AvgIpc) is 3.14. The van der Waals surface area contributed by atoms with Gasteiger partial charge in [0, 0.05) is 11.1 Å². The van der Waals surface area contributed by atoms with Crippen LogP contribution in [0.5, 0.6) is 11.5 Å². The van der Waals surface area contributed by atoms with E-state index in [0.717, 1.165) is 5.69 Å². The maximum absolute atomic E-state index is 12.5. The summed E-state index contributed by atoms with van der Waals surface area (Å²) in [6, 6.07) is 5.21. The Morgan fingerprint density at radius 2 is 1.55 bits per heavy atom. The van der Waals surface area contributed by atoms with E-state index in [9.17, 15) is 9.59 Å². The topological polar surface area (TPSA) is 113 Å². The Labute approximate surface area is 167 Å². The molecule has 3 rings (SSSR count). The quantitative estimate of drug-likeness (QED) is 0.603. The fourth-order valence-electron chi connectivity index (χ4n) is 2.96. The summed E-state index contributed by atoms with van der Waals surface area (Å²) in [5, 5.41) is 0.273. The minimum absolute atomic E-state index is 0.136. The summed E-state index contributed by atoms with van der Waals surface area (Å²) in [5.74, 6) is 1.10. The van der Waals surface area contributed by atoms with E-state index in [1.807, 2.05) is 20.8 Å². The molecule has 2 aromatic heterocycles. The molecule has 3 N–H and O–H groups in total. The molecule has 0 radical (unpaired) electrons. The van der Waals surface area contributed by atoms with Crippen molar-refractivity contribution in [2.45, 2.75) is 26.2 Å². The highest BCUT2D eigenvalue weighted by molar-refractivity contribution is 5.55. The van der Waals surface area contributed by atoms with Gasteiger partial charge in [0.25, 0.3) is 11.1 Å². The molecule has 0 aliphatic rings. The molecule has 8 heteroatoms. The van der Waals surface area contributed by atoms with Crippen molar-refractivity contribution in [1.29, 1.82) is 0 Å². The lowest BCUT2D eigenvalue weighted by Crippen LogP contribution is -2.46. The number of H-pyrrole nitrogens is 3. The van der Waals surface area contributed by atoms with Gasteiger partial charge in [-0.1, -0.05) is 26.8 Å². The summed E-state index contributed by atoms with van der Waals surface area (Å²) in [6.45, 7) is 6.10. The van der Waals surface area contributed by atoms with Crippen LogP contribution in [0.25, 0.3) is 12.2 Å². The van der Waals surface area contributed by atoms with Crippen LogP contribution < -0.4 is 31.3 Å². The lowest BCUT2D eigenvalue weighted by Gasteiger charge is -2.16. The molecular formula is C21H24N4O4. The number of rotatable bonds is 4. The Balaban J connectivity index is 2.10. The molecule has 152 valence electrons. The number of hydrogen-bond acceptors (Lipinski definition) is 5. The van der Waals surface area contributed by atoms with Gasteiger partial charge < -0.3 is 24.4 Å². The molecule has 29 heavy (non-hydrogen) atoms. The van der Waals surface area contributed by atoms with E-state index < -0.39 is 11.1 Å². The average molecular weight is 396 g/mol. The largest absolute Gasteiger partial charge is 0.493 e. The van der Waals surface area contributed by atoms with Crippen LogP contribution in [0.15, 0.2) is 34.1 Å². The predicted molar refractivity (Wildman–Crippen MR) is 111 cm³/mol. The Bertz CT molecular complexity index is 1260. The van der Waals surface area contributed by atoms with Crippen molar-refractivity contribution in [3.63, 3.8) is 0 Å². The molecule has 0 saturated carbocycles. The highest BCUT2D eigenvalue weighted by atomic mass is 16.5. The zero-order valence-corrected chi connectivity index (χ0v) is 17.0. The van der Waals surface area contributed by atoms with Crippen LogP contribution in [0.1, 0.15) is 37.7 Å². The second-order valence-electron chi connectivity index (χ2n) is 7.55. The van der Waals surface area contributed by atoms with Crippen molar-refractivity contribution in [2.75, 3.05) is 14.2 Å². The van der Waals surface area contributed by atoms with Gasteiger partial charge in [0.15, 0.2) is 11.5 Å². The van der Waals surface area contributed by atoms with E-state index in [0.29, 0.717) is 22.8 Å². The number of hydrogen-bond donors (Lipinski definition) is 3. The maximum Gasteiger partial charge on any atom is 0.272 e. The summed E-state index contributed by atoms with van der Waals surface area (Å²) >= 11 is 0. The number of imidazole rings is 1. The van der Waals surface area contributed by atoms with Crippen molar-refractivity contribution in [2.24, 2.45) is 0 Å². The summed E-state index contributed by atoms with van der Waals surface area (Å²) in [5.41, 5.74) is 1.14. The van der Waals surface area contributed by atoms with Crippen LogP contribution in [0.2, 0.25) is 0 Å². The van der Waals surface area contributed by atoms with Gasteiger partial charge in [-0.2, -0.15) is 0 Å². The number of benzene rings is 1. The van der Waals surface area contributed by atoms with Crippen molar-refractivity contribution in [3.05, 3.63) is 72.9 Å². The number of aromatic amines is 3. The van der Waals surface area contributed by atoms with E-state index in [1.54, 1.807) is 43.8 Å². The number of nitrogens with one attached hydrogen (secondary N) is 3. The molecule has 0 bridgehead atoms. The summed E-state index contributed by atoms with van der Waals surface area (Å²) in [4.78, 5) is 37.7. The highest BCUT2D eigenvalue weighted by Crippen LogP contribution is 2.27. The Hall–Kier alpha value is -3.55. The van der Waals surface area contributed by atoms with Gasteiger partial charge in [-0.15, -0.1) is 0 Å². The third-order valence-electron chi connectivity index (χ3n) is 4.40. The number of aromatic nitrogens is 4. The van der Waals surface area contributed by atoms with E-state index in [4.69, 9.17) is 9.47 Å². The van der Waals surface area contributed by atoms with Crippen LogP contribution in [0.3, 0.4) is 0 Å². The van der Waals surface area contributed by atoms with Gasteiger partial charge in [-0.05, 0) is 29.8 Å². The fraction of sp³-hybridized carbons (Fsp3) is 0.286. The Morgan fingerprint density at radius 3 is 2.14 bits per heavy atom. The van der Waals surface area contributed by atoms with Gasteiger partial charge in [0.05, 0.1) is 26.2 Å². The second-order valence-corrected chi connectivity index (χ2v) is 7.55. The monoisotopic (exact) mass is 396 g/mol. The zero-order chi connectivity index (χ0) is 21.2. The highest BCUT2D eigenvalue weighted by Gasteiger charge is 2.19. The van der Waals surface area contributed by atoms with Gasteiger partial charge >= 0.3 is 0 Å². The van der Waals surface area contributed by atoms with Crippen LogP contribution in [-0.2, 0) is 5.41 Å². The normalized spacial score (nSPS) is 13.0. The molecule has 0 aliphatic carbocycles. The molecule has 0 saturated heterocycles. The van der Waals surface area contributed by atoms with Crippen molar-refractivity contribution >= 4 is 12.2 Å². The van der Waals surface area contributed by atoms with Crippen LogP contribution in [0, 0.1) is 0 Å². The van der Waals surface area contributed by atoms with Gasteiger partial charge in [0.2, 0.25) is 0 Å². The standard InChI is InChI=1S/C21H24N4O4/c1-21(2,3)18-13(22-11-23-18)10-15-20(27)24-14(19(26)25-15)8-12-6-7-16(28-4)17(9-12)29-5/h6-11H,1-5H3,(H,22,23)(H,24,27)(H,25,26)/b14-8-,15-10-. The zero-order valence-electron chi connectivity index (χ0n) is 17.0. The fourth-order valence-corrected chi connectivity index (χ4v) is 2.96. The number of methoxy groups -OCH3 is 2. The SMILES string of the molecule is COc1ccc(/C=c2\[nH]c(=O)/c(=C/c3nc[nH]c3C(C)(C)C)[nH]c2=O)cc1OC. The molecule has 1 aromatic carbocycles. The first-order chi connectivity index (χ1) is 13.7. The lowest BCUT2D eigenvalue weighted by atomic mass is 9.90. The summed E-state index contributed by atoms with van der Waals surface area (Å²) in [6.07, 6.45) is 4.70. The van der Waals surface area contributed by atoms with Gasteiger partial charge in [0.1, 0.15) is 10.7 Å². The van der Waals surface area contributed by atoms with E-state index in [1.165, 1.54) is 7.11 Å². The smallest absolute Gasteiger partial charge is 0.272 e. The summed E-state index contributed by atoms with van der Waals surface area (Å²) < 4.78 is 10.5. The van der Waals surface area contributed by atoms with Crippen LogP contribution in [0.4, 0.5) is 0 Å². The lowest BCUT2D eigenvalue weighted by molar-refractivity contribution is 0.355. The predicted octanol–water partition coefficient (Wildman–Crippen LogP) is 0.759. The molecule has 0 aliphatic heterocycles. The van der Waals surface area contributed by atoms with Crippen molar-refractivity contribution in [3.8, 4) is 11.5 Å². The molecule has 0 amide bonds. The Kier molecular flexibility index (Phi) is 5.45. The van der Waals surface area contributed by atoms with Gasteiger partial charge in [-0.25, -0.2) is 4.98 Å². The van der Waals surface area contributed by atoms with E-state index >= 15 is 0 Å². The molecule has 0 unspecified atom stereocenters. The molecule has 0 spiro atoms. The minimum Gasteiger partial charge on any atom is -0.493 e. The van der Waals surface area contributed by atoms with Gasteiger partial charge in [-0.3, -0.25) is 9.59 Å². The molecular weight excluding hydrogens is 372 g/mol. The molecule has 0 fully saturated rings. The first-order valence-electron chi connectivity index (χ1n) is 9.05. The first kappa shape index (κ1) is 20.2. The van der Waals surface area contributed by atoms with Crippen molar-refractivity contribution < 1.29 is 9.47 Å². The summed E-state index contributed by atoms with van der Waals surface area (Å²) in [7, 11) is 3.07. The molecule has 8 nitrogen and oxygen atoms in total. The second kappa shape index (κ2) is 7.83. The minimum atomic E-state index is -0.418. The van der Waals surface area contributed by atoms with E-state index in [-0.39, 0.29) is 16.1 Å². The molecule has 0 atom stereocenters. The first-order valence-corrected chi connectivity index (χ1v) is 9.05. The number of nitrogens with zero attached hydrogens (tertiary/aromatic N) is 1. The van der Waals surface area contributed by atoms with Crippen LogP contribution in [-0.4, -0.2) is 34.2 Å². The number of ether oxygens (including phenoxy) is 2. The molecule has 3 aromatic rings. The van der Waals surface area contributed by atoms with E-state index in [2.05, 4.69) is 19.9 Å². The third kappa shape index (κ3) is 4.31. The molecule has 2 heterocycles. The van der Waals surface area contributed by atoms with Crippen molar-refractivity contribution in [1.82, 2.24) is 19.9 Å². The maximum atomic E-state index is 12.5. The third-order valence-corrected chi connectivity index (χ3v) is 4.40. The van der Waals surface area contributed by atoms with Crippen LogP contribution >= 0.6 is 0 Å².